The molecule has 0 aliphatic rings. The summed E-state index contributed by atoms with van der Waals surface area (Å²) in [4.78, 5) is 19.7. The monoisotopic (exact) mass is 186 g/mol. The highest BCUT2D eigenvalue weighted by Crippen LogP contribution is 2.00. The topological polar surface area (TPSA) is 58.2 Å². The Morgan fingerprint density at radius 1 is 0.692 bits per heavy atom. The molecule has 0 spiro atoms. The maximum absolute atomic E-state index is 9.86. The summed E-state index contributed by atoms with van der Waals surface area (Å²) in [7, 11) is 0. The molecule has 0 aromatic carbocycles. The van der Waals surface area contributed by atoms with Crippen LogP contribution in [0.1, 0.15) is 32.1 Å². The molecule has 0 aliphatic heterocycles. The lowest BCUT2D eigenvalue weighted by Crippen LogP contribution is -2.12. The van der Waals surface area contributed by atoms with Crippen LogP contribution in [0.2, 0.25) is 0 Å². The van der Waals surface area contributed by atoms with Gasteiger partial charge in [0.15, 0.2) is 0 Å². The van der Waals surface area contributed by atoms with Gasteiger partial charge >= 0.3 is 0 Å². The number of carbonyl (C=O) groups excluding carboxylic acids is 2. The molecule has 0 aromatic rings. The van der Waals surface area contributed by atoms with Gasteiger partial charge in [0.2, 0.25) is 12.8 Å². The van der Waals surface area contributed by atoms with Gasteiger partial charge in [-0.15, -0.1) is 0 Å². The van der Waals surface area contributed by atoms with Gasteiger partial charge < -0.3 is 10.6 Å². The van der Waals surface area contributed by atoms with Gasteiger partial charge in [0.1, 0.15) is 0 Å². The molecule has 0 radical (unpaired) electrons. The van der Waals surface area contributed by atoms with Crippen LogP contribution in [0.25, 0.3) is 0 Å². The number of nitrogens with one attached hydrogen (secondary N) is 2. The highest BCUT2D eigenvalue weighted by molar-refractivity contribution is 5.45. The summed E-state index contributed by atoms with van der Waals surface area (Å²) in [6.45, 7) is 1.55. The van der Waals surface area contributed by atoms with Crippen molar-refractivity contribution in [3.8, 4) is 0 Å². The fourth-order valence-corrected chi connectivity index (χ4v) is 1.10. The maximum atomic E-state index is 9.86. The number of hydrogen-bond acceptors (Lipinski definition) is 2. The number of carbonyl (C=O) groups is 2. The van der Waals surface area contributed by atoms with Crippen LogP contribution in [0.15, 0.2) is 0 Å². The van der Waals surface area contributed by atoms with Crippen molar-refractivity contribution in [3.05, 3.63) is 0 Å². The van der Waals surface area contributed by atoms with E-state index in [9.17, 15) is 9.59 Å². The standard InChI is InChI=1S/C9H18N2O2/c12-8-10-6-4-2-1-3-5-7-11-9-13/h8-9H,1-7H2,(H,10,12)(H,11,13). The molecule has 0 rings (SSSR count). The fraction of sp³-hybridized carbons (Fsp3) is 0.778. The van der Waals surface area contributed by atoms with Crippen LogP contribution in [-0.4, -0.2) is 25.9 Å². The molecular weight excluding hydrogens is 168 g/mol. The van der Waals surface area contributed by atoms with Crippen molar-refractivity contribution >= 4 is 12.8 Å². The van der Waals surface area contributed by atoms with E-state index < -0.39 is 0 Å². The zero-order chi connectivity index (χ0) is 9.78. The van der Waals surface area contributed by atoms with E-state index in [0.717, 1.165) is 51.6 Å². The smallest absolute Gasteiger partial charge is 0.207 e. The third kappa shape index (κ3) is 10.9. The molecule has 2 N–H and O–H groups in total. The lowest BCUT2D eigenvalue weighted by atomic mass is 10.1. The second-order valence-corrected chi connectivity index (χ2v) is 2.91. The molecule has 0 fully saturated rings. The first-order chi connectivity index (χ1) is 6.41. The molecule has 0 unspecified atom stereocenters. The Bertz CT molecular complexity index is 115. The van der Waals surface area contributed by atoms with E-state index in [1.807, 2.05) is 0 Å². The van der Waals surface area contributed by atoms with Gasteiger partial charge in [0.05, 0.1) is 0 Å². The normalized spacial score (nSPS) is 9.23. The molecule has 4 heteroatoms. The highest BCUT2D eigenvalue weighted by Gasteiger charge is 1.89. The largest absolute Gasteiger partial charge is 0.359 e. The van der Waals surface area contributed by atoms with Gasteiger partial charge in [-0.2, -0.15) is 0 Å². The van der Waals surface area contributed by atoms with Crippen LogP contribution in [0.4, 0.5) is 0 Å². The zero-order valence-corrected chi connectivity index (χ0v) is 7.92. The molecule has 0 heterocycles. The lowest BCUT2D eigenvalue weighted by Gasteiger charge is -2.00. The first-order valence-corrected chi connectivity index (χ1v) is 4.76. The van der Waals surface area contributed by atoms with Crippen LogP contribution in [-0.2, 0) is 9.59 Å². The maximum Gasteiger partial charge on any atom is 0.207 e. The van der Waals surface area contributed by atoms with Crippen LogP contribution < -0.4 is 10.6 Å². The Balaban J connectivity index is 2.83. The van der Waals surface area contributed by atoms with Crippen molar-refractivity contribution in [2.45, 2.75) is 32.1 Å². The van der Waals surface area contributed by atoms with Crippen molar-refractivity contribution in [2.24, 2.45) is 0 Å². The number of hydrogen-bond donors (Lipinski definition) is 2. The van der Waals surface area contributed by atoms with Gasteiger partial charge in [-0.1, -0.05) is 19.3 Å². The molecule has 76 valence electrons. The SMILES string of the molecule is O=CNCCCCCCCNC=O. The third-order valence-corrected chi connectivity index (χ3v) is 1.81. The molecule has 0 aromatic heterocycles. The lowest BCUT2D eigenvalue weighted by molar-refractivity contribution is -0.110. The van der Waals surface area contributed by atoms with Gasteiger partial charge in [0, 0.05) is 13.1 Å². The van der Waals surface area contributed by atoms with E-state index in [1.165, 1.54) is 6.42 Å². The zero-order valence-electron chi connectivity index (χ0n) is 7.92. The Labute approximate surface area is 79.1 Å². The molecular formula is C9H18N2O2. The molecule has 0 atom stereocenters. The number of unbranched alkanes of at least 4 members (excludes halogenated alkanes) is 4. The predicted molar refractivity (Wildman–Crippen MR) is 51.2 cm³/mol. The third-order valence-electron chi connectivity index (χ3n) is 1.81. The quantitative estimate of drug-likeness (QED) is 0.384. The number of rotatable bonds is 10. The summed E-state index contributed by atoms with van der Waals surface area (Å²) in [6, 6.07) is 0. The van der Waals surface area contributed by atoms with Gasteiger partial charge in [-0.25, -0.2) is 0 Å². The molecule has 0 saturated carbocycles. The minimum absolute atomic E-state index is 0.730. The second-order valence-electron chi connectivity index (χ2n) is 2.91. The molecule has 13 heavy (non-hydrogen) atoms. The summed E-state index contributed by atoms with van der Waals surface area (Å²) in [5, 5.41) is 5.24. The van der Waals surface area contributed by atoms with E-state index in [-0.39, 0.29) is 0 Å². The molecule has 0 aliphatic carbocycles. The molecule has 0 saturated heterocycles. The fourth-order valence-electron chi connectivity index (χ4n) is 1.10. The van der Waals surface area contributed by atoms with Gasteiger partial charge in [-0.3, -0.25) is 9.59 Å². The van der Waals surface area contributed by atoms with Crippen molar-refractivity contribution in [1.29, 1.82) is 0 Å². The van der Waals surface area contributed by atoms with Gasteiger partial charge in [-0.05, 0) is 12.8 Å². The summed E-state index contributed by atoms with van der Waals surface area (Å²) in [5.74, 6) is 0. The predicted octanol–water partition coefficient (Wildman–Crippen LogP) is 0.429. The van der Waals surface area contributed by atoms with E-state index >= 15 is 0 Å². The van der Waals surface area contributed by atoms with Crippen molar-refractivity contribution < 1.29 is 9.59 Å². The minimum Gasteiger partial charge on any atom is -0.359 e. The van der Waals surface area contributed by atoms with E-state index in [4.69, 9.17) is 0 Å². The first-order valence-electron chi connectivity index (χ1n) is 4.76. The Morgan fingerprint density at radius 2 is 1.08 bits per heavy atom. The van der Waals surface area contributed by atoms with Crippen LogP contribution in [0, 0.1) is 0 Å². The Morgan fingerprint density at radius 3 is 1.46 bits per heavy atom. The van der Waals surface area contributed by atoms with E-state index in [0.29, 0.717) is 0 Å². The van der Waals surface area contributed by atoms with E-state index in [2.05, 4.69) is 10.6 Å². The van der Waals surface area contributed by atoms with Crippen molar-refractivity contribution in [3.63, 3.8) is 0 Å². The summed E-state index contributed by atoms with van der Waals surface area (Å²) < 4.78 is 0. The Kier molecular flexibility index (Phi) is 10.0. The van der Waals surface area contributed by atoms with Crippen molar-refractivity contribution in [2.75, 3.05) is 13.1 Å². The molecule has 4 nitrogen and oxygen atoms in total. The van der Waals surface area contributed by atoms with Gasteiger partial charge in [0.25, 0.3) is 0 Å². The average molecular weight is 186 g/mol. The van der Waals surface area contributed by atoms with Crippen molar-refractivity contribution in [1.82, 2.24) is 10.6 Å². The summed E-state index contributed by atoms with van der Waals surface area (Å²) in [5.41, 5.74) is 0. The minimum atomic E-state index is 0.730. The van der Waals surface area contributed by atoms with Crippen LogP contribution >= 0.6 is 0 Å². The molecule has 2 amide bonds. The van der Waals surface area contributed by atoms with Crippen LogP contribution in [0.3, 0.4) is 0 Å². The second kappa shape index (κ2) is 10.9. The molecule has 0 bridgehead atoms. The van der Waals surface area contributed by atoms with E-state index in [1.54, 1.807) is 0 Å². The summed E-state index contributed by atoms with van der Waals surface area (Å²) in [6.07, 6.45) is 6.99. The highest BCUT2D eigenvalue weighted by atomic mass is 16.1. The Hall–Kier alpha value is -1.06. The number of amides is 2. The van der Waals surface area contributed by atoms with Crippen LogP contribution in [0.5, 0.6) is 0 Å². The first kappa shape index (κ1) is 11.9. The average Bonchev–Trinajstić information content (AvgIpc) is 2.16. The summed E-state index contributed by atoms with van der Waals surface area (Å²) >= 11 is 0.